The molecule has 0 heterocycles. The first-order valence-electron chi connectivity index (χ1n) is 15.7. The highest BCUT2D eigenvalue weighted by atomic mass is 19.3. The summed E-state index contributed by atoms with van der Waals surface area (Å²) < 4.78 is 48.7. The molecule has 4 saturated carbocycles. The number of carbonyl (C=O) groups is 2. The van der Waals surface area contributed by atoms with Crippen molar-refractivity contribution >= 4 is 11.9 Å². The topological polar surface area (TPSA) is 52.6 Å². The molecular formula is C32H51F3O4. The summed E-state index contributed by atoms with van der Waals surface area (Å²) in [5, 5.41) is 0. The van der Waals surface area contributed by atoms with Gasteiger partial charge in [-0.2, -0.15) is 0 Å². The summed E-state index contributed by atoms with van der Waals surface area (Å²) in [6, 6.07) is 0. The van der Waals surface area contributed by atoms with E-state index in [4.69, 9.17) is 4.74 Å². The molecule has 0 aromatic rings. The lowest BCUT2D eigenvalue weighted by molar-refractivity contribution is -0.153. The maximum absolute atomic E-state index is 13.2. The molecule has 39 heavy (non-hydrogen) atoms. The fraction of sp³-hybridized carbons (Fsp3) is 0.938. The fourth-order valence-electron chi connectivity index (χ4n) is 9.68. The molecule has 7 heteroatoms. The van der Waals surface area contributed by atoms with E-state index in [-0.39, 0.29) is 25.4 Å². The van der Waals surface area contributed by atoms with Crippen molar-refractivity contribution in [3.05, 3.63) is 0 Å². The fourth-order valence-corrected chi connectivity index (χ4v) is 9.68. The molecule has 0 amide bonds. The van der Waals surface area contributed by atoms with Gasteiger partial charge in [0, 0.05) is 19.8 Å². The summed E-state index contributed by atoms with van der Waals surface area (Å²) in [5.74, 6) is 0.0908. The van der Waals surface area contributed by atoms with Crippen LogP contribution in [0.4, 0.5) is 13.2 Å². The monoisotopic (exact) mass is 556 g/mol. The van der Waals surface area contributed by atoms with Gasteiger partial charge in [-0.1, -0.05) is 33.6 Å². The molecule has 4 aliphatic carbocycles. The average molecular weight is 557 g/mol. The predicted octanol–water partition coefficient (Wildman–Crippen LogP) is 8.31. The lowest BCUT2D eigenvalue weighted by atomic mass is 9.44. The van der Waals surface area contributed by atoms with Crippen molar-refractivity contribution in [1.29, 1.82) is 0 Å². The van der Waals surface area contributed by atoms with Crippen molar-refractivity contribution in [2.24, 2.45) is 46.3 Å². The standard InChI is InChI=1S/C32H51F3O4/c1-21(10-15-29(37)38-19-7-9-28(36)39-20-27(33)32(4,34)35)24-13-14-25-23-12-11-22-8-5-6-17-30(22,2)26(23)16-18-31(24,25)3/h21-27H,5-20H2,1-4H3/t21-,22+,23+,24-,25+,26+,27?,30+,31-/m1/s1. The highest BCUT2D eigenvalue weighted by Gasteiger charge is 2.60. The Hall–Kier alpha value is -1.27. The van der Waals surface area contributed by atoms with Crippen molar-refractivity contribution in [3.63, 3.8) is 0 Å². The van der Waals surface area contributed by atoms with Crippen LogP contribution in [0.3, 0.4) is 0 Å². The van der Waals surface area contributed by atoms with Gasteiger partial charge in [-0.25, -0.2) is 13.2 Å². The number of ether oxygens (including phenoxy) is 2. The van der Waals surface area contributed by atoms with Gasteiger partial charge in [-0.05, 0) is 111 Å². The van der Waals surface area contributed by atoms with Crippen LogP contribution in [0.15, 0.2) is 0 Å². The van der Waals surface area contributed by atoms with Crippen LogP contribution in [0, 0.1) is 46.3 Å². The first-order valence-corrected chi connectivity index (χ1v) is 15.7. The molecule has 224 valence electrons. The van der Waals surface area contributed by atoms with Crippen LogP contribution in [0.1, 0.15) is 118 Å². The molecule has 0 aliphatic heterocycles. The van der Waals surface area contributed by atoms with Gasteiger partial charge in [0.15, 0.2) is 6.17 Å². The molecular weight excluding hydrogens is 505 g/mol. The van der Waals surface area contributed by atoms with Crippen molar-refractivity contribution in [1.82, 2.24) is 0 Å². The third-order valence-electron chi connectivity index (χ3n) is 11.9. The van der Waals surface area contributed by atoms with Crippen LogP contribution in [0.2, 0.25) is 0 Å². The van der Waals surface area contributed by atoms with E-state index >= 15 is 0 Å². The molecule has 0 N–H and O–H groups in total. The van der Waals surface area contributed by atoms with Crippen LogP contribution < -0.4 is 0 Å². The third-order valence-corrected chi connectivity index (χ3v) is 11.9. The second-order valence-electron chi connectivity index (χ2n) is 14.1. The van der Waals surface area contributed by atoms with E-state index in [9.17, 15) is 22.8 Å². The minimum Gasteiger partial charge on any atom is -0.466 e. The van der Waals surface area contributed by atoms with E-state index in [2.05, 4.69) is 25.5 Å². The van der Waals surface area contributed by atoms with Gasteiger partial charge in [0.25, 0.3) is 5.92 Å². The van der Waals surface area contributed by atoms with Crippen molar-refractivity contribution < 1.29 is 32.2 Å². The summed E-state index contributed by atoms with van der Waals surface area (Å²) in [5.41, 5.74) is 0.940. The molecule has 4 aliphatic rings. The molecule has 9 atom stereocenters. The van der Waals surface area contributed by atoms with E-state index in [0.717, 1.165) is 30.1 Å². The van der Waals surface area contributed by atoms with Gasteiger partial charge in [-0.3, -0.25) is 9.59 Å². The summed E-state index contributed by atoms with van der Waals surface area (Å²) in [4.78, 5) is 24.0. The first-order chi connectivity index (χ1) is 18.4. The van der Waals surface area contributed by atoms with Crippen LogP contribution in [-0.4, -0.2) is 37.2 Å². The van der Waals surface area contributed by atoms with Crippen molar-refractivity contribution in [2.75, 3.05) is 13.2 Å². The summed E-state index contributed by atoms with van der Waals surface area (Å²) in [6.07, 6.45) is 12.7. The highest BCUT2D eigenvalue weighted by molar-refractivity contribution is 5.70. The van der Waals surface area contributed by atoms with E-state index < -0.39 is 24.7 Å². The largest absolute Gasteiger partial charge is 0.466 e. The third kappa shape index (κ3) is 6.63. The van der Waals surface area contributed by atoms with Crippen molar-refractivity contribution in [3.8, 4) is 0 Å². The molecule has 0 aromatic carbocycles. The Bertz CT molecular complexity index is 859. The maximum Gasteiger partial charge on any atom is 0.306 e. The number of fused-ring (bicyclic) bond motifs is 5. The minimum atomic E-state index is -3.55. The van der Waals surface area contributed by atoms with Gasteiger partial charge in [0.05, 0.1) is 6.61 Å². The second kappa shape index (κ2) is 12.3. The number of esters is 2. The Morgan fingerprint density at radius 2 is 1.62 bits per heavy atom. The number of hydrogen-bond donors (Lipinski definition) is 0. The van der Waals surface area contributed by atoms with Crippen LogP contribution in [0.25, 0.3) is 0 Å². The number of alkyl halides is 3. The quantitative estimate of drug-likeness (QED) is 0.190. The Morgan fingerprint density at radius 1 is 0.897 bits per heavy atom. The molecule has 1 unspecified atom stereocenters. The van der Waals surface area contributed by atoms with Gasteiger partial charge in [0.2, 0.25) is 0 Å². The number of rotatable bonds is 11. The van der Waals surface area contributed by atoms with Gasteiger partial charge in [0.1, 0.15) is 6.61 Å². The van der Waals surface area contributed by atoms with E-state index in [1.165, 1.54) is 64.2 Å². The zero-order chi connectivity index (χ0) is 28.4. The first kappa shape index (κ1) is 30.7. The Balaban J connectivity index is 1.18. The normalized spacial score (nSPS) is 37.7. The number of carbonyl (C=O) groups excluding carboxylic acids is 2. The molecule has 4 fully saturated rings. The zero-order valence-electron chi connectivity index (χ0n) is 24.6. The van der Waals surface area contributed by atoms with E-state index in [0.29, 0.717) is 36.0 Å². The molecule has 0 saturated heterocycles. The summed E-state index contributed by atoms with van der Waals surface area (Å²) in [7, 11) is 0. The Labute approximate surface area is 233 Å². The van der Waals surface area contributed by atoms with E-state index in [1.807, 2.05) is 0 Å². The molecule has 0 radical (unpaired) electrons. The van der Waals surface area contributed by atoms with Gasteiger partial charge < -0.3 is 9.47 Å². The number of hydrogen-bond acceptors (Lipinski definition) is 4. The molecule has 4 nitrogen and oxygen atoms in total. The van der Waals surface area contributed by atoms with Gasteiger partial charge in [-0.15, -0.1) is 0 Å². The van der Waals surface area contributed by atoms with Crippen LogP contribution in [-0.2, 0) is 19.1 Å². The second-order valence-corrected chi connectivity index (χ2v) is 14.1. The van der Waals surface area contributed by atoms with Crippen LogP contribution in [0.5, 0.6) is 0 Å². The summed E-state index contributed by atoms with van der Waals surface area (Å²) in [6.45, 7) is 7.04. The van der Waals surface area contributed by atoms with E-state index in [1.54, 1.807) is 0 Å². The smallest absolute Gasteiger partial charge is 0.306 e. The average Bonchev–Trinajstić information content (AvgIpc) is 3.24. The molecule has 0 aromatic heterocycles. The molecule has 4 rings (SSSR count). The summed E-state index contributed by atoms with van der Waals surface area (Å²) >= 11 is 0. The predicted molar refractivity (Wildman–Crippen MR) is 145 cm³/mol. The molecule has 0 spiro atoms. The maximum atomic E-state index is 13.2. The minimum absolute atomic E-state index is 0.0668. The van der Waals surface area contributed by atoms with Crippen molar-refractivity contribution in [2.45, 2.75) is 130 Å². The zero-order valence-corrected chi connectivity index (χ0v) is 24.6. The Kier molecular flexibility index (Phi) is 9.68. The lowest BCUT2D eigenvalue weighted by Crippen LogP contribution is -2.53. The highest BCUT2D eigenvalue weighted by Crippen LogP contribution is 2.68. The number of halogens is 3. The molecule has 0 bridgehead atoms. The van der Waals surface area contributed by atoms with Crippen LogP contribution >= 0.6 is 0 Å². The van der Waals surface area contributed by atoms with Gasteiger partial charge >= 0.3 is 11.9 Å². The Morgan fingerprint density at radius 3 is 2.36 bits per heavy atom. The lowest BCUT2D eigenvalue weighted by Gasteiger charge is -2.61. The SMILES string of the molecule is C[C@H](CCC(=O)OCCCC(=O)OCC(F)C(C)(F)F)[C@H]1CC[C@H]2[C@@H]3CC[C@@H]4CCCC[C@]4(C)[C@H]3CC[C@]12C.